The summed E-state index contributed by atoms with van der Waals surface area (Å²) in [6, 6.07) is 19.6. The third-order valence-corrected chi connectivity index (χ3v) is 8.13. The fraction of sp³-hybridized carbons (Fsp3) is 0.136. The van der Waals surface area contributed by atoms with Gasteiger partial charge >= 0.3 is 0 Å². The third kappa shape index (κ3) is 5.11. The quantitative estimate of drug-likeness (QED) is 0.450. The molecule has 28 heavy (non-hydrogen) atoms. The van der Waals surface area contributed by atoms with Crippen molar-refractivity contribution in [2.24, 2.45) is 0 Å². The largest absolute Gasteiger partial charge is 0.314 e. The van der Waals surface area contributed by atoms with E-state index in [9.17, 15) is 13.8 Å². The van der Waals surface area contributed by atoms with Crippen molar-refractivity contribution < 1.29 is 13.8 Å². The zero-order chi connectivity index (χ0) is 20.1. The van der Waals surface area contributed by atoms with Gasteiger partial charge in [-0.3, -0.25) is 4.79 Å². The molecule has 0 atom stereocenters. The van der Waals surface area contributed by atoms with E-state index in [0.717, 1.165) is 5.56 Å². The van der Waals surface area contributed by atoms with Gasteiger partial charge in [-0.15, -0.1) is 0 Å². The van der Waals surface area contributed by atoms with Crippen molar-refractivity contribution >= 4 is 46.7 Å². The second kappa shape index (κ2) is 9.05. The van der Waals surface area contributed by atoms with Crippen molar-refractivity contribution in [1.82, 2.24) is 0 Å². The number of rotatable bonds is 7. The molecule has 0 heterocycles. The maximum atomic E-state index is 14.0. The number of halogens is 3. The first-order valence-electron chi connectivity index (χ1n) is 8.74. The van der Waals surface area contributed by atoms with Gasteiger partial charge in [-0.2, -0.15) is 0 Å². The van der Waals surface area contributed by atoms with Gasteiger partial charge in [0, 0.05) is 39.7 Å². The minimum atomic E-state index is -3.03. The minimum absolute atomic E-state index is 0.0465. The van der Waals surface area contributed by atoms with Crippen LogP contribution >= 0.6 is 30.3 Å². The summed E-state index contributed by atoms with van der Waals surface area (Å²) in [4.78, 5) is 12.5. The Bertz CT molecular complexity index is 951. The van der Waals surface area contributed by atoms with Crippen molar-refractivity contribution in [2.75, 3.05) is 6.16 Å². The Morgan fingerprint density at radius 2 is 1.25 bits per heavy atom. The molecule has 0 bridgehead atoms. The maximum Gasteiger partial charge on any atom is 0.143 e. The predicted octanol–water partition coefficient (Wildman–Crippen LogP) is 5.65. The monoisotopic (exact) mass is 434 g/mol. The normalized spacial score (nSPS) is 11.4. The highest BCUT2D eigenvalue weighted by molar-refractivity contribution is 7.78. The van der Waals surface area contributed by atoms with Crippen LogP contribution in [0, 0.1) is 5.82 Å². The van der Waals surface area contributed by atoms with Crippen molar-refractivity contribution in [3.05, 3.63) is 94.2 Å². The summed E-state index contributed by atoms with van der Waals surface area (Å²) >= 11 is 11.9. The molecule has 0 unspecified atom stereocenters. The number of ketones is 1. The second-order valence-electron chi connectivity index (χ2n) is 6.51. The number of hydrogen-bond acceptors (Lipinski definition) is 2. The molecule has 0 radical (unpaired) electrons. The van der Waals surface area contributed by atoms with Crippen molar-refractivity contribution in [3.8, 4) is 0 Å². The van der Waals surface area contributed by atoms with Gasteiger partial charge in [-0.05, 0) is 66.2 Å². The predicted molar refractivity (Wildman–Crippen MR) is 114 cm³/mol. The molecule has 0 spiro atoms. The molecule has 3 aromatic rings. The molecule has 0 amide bonds. The summed E-state index contributed by atoms with van der Waals surface area (Å²) in [5, 5.41) is 2.40. The molecule has 0 aromatic heterocycles. The van der Waals surface area contributed by atoms with E-state index in [2.05, 4.69) is 0 Å². The van der Waals surface area contributed by atoms with Crippen LogP contribution < -0.4 is 10.6 Å². The van der Waals surface area contributed by atoms with Crippen LogP contribution in [0.3, 0.4) is 0 Å². The lowest BCUT2D eigenvalue weighted by Gasteiger charge is -2.19. The van der Waals surface area contributed by atoms with Crippen molar-refractivity contribution in [1.29, 1.82) is 0 Å². The van der Waals surface area contributed by atoms with Gasteiger partial charge in [-0.25, -0.2) is 4.39 Å². The molecule has 3 aromatic carbocycles. The second-order valence-corrected chi connectivity index (χ2v) is 10.3. The highest BCUT2D eigenvalue weighted by Crippen LogP contribution is 2.44. The number of carbonyl (C=O) groups excluding carboxylic acids is 1. The first-order chi connectivity index (χ1) is 13.4. The lowest BCUT2D eigenvalue weighted by Crippen LogP contribution is -2.20. The molecule has 0 saturated carbocycles. The summed E-state index contributed by atoms with van der Waals surface area (Å²) in [6.07, 6.45) is 0.539. The fourth-order valence-electron chi connectivity index (χ4n) is 2.97. The Kier molecular flexibility index (Phi) is 6.72. The molecule has 0 fully saturated rings. The Labute approximate surface area is 173 Å². The molecule has 2 nitrogen and oxygen atoms in total. The fourth-order valence-corrected chi connectivity index (χ4v) is 5.86. The van der Waals surface area contributed by atoms with E-state index in [0.29, 0.717) is 20.7 Å². The summed E-state index contributed by atoms with van der Waals surface area (Å²) in [6.45, 7) is 0. The molecular formula is C22H18Cl2FO2P. The molecule has 0 aliphatic rings. The molecule has 144 valence electrons. The highest BCUT2D eigenvalue weighted by atomic mass is 35.5. The summed E-state index contributed by atoms with van der Waals surface area (Å²) < 4.78 is 27.0. The molecule has 3 rings (SSSR count). The van der Waals surface area contributed by atoms with E-state index < -0.39 is 7.14 Å². The average Bonchev–Trinajstić information content (AvgIpc) is 2.69. The first kappa shape index (κ1) is 20.8. The Morgan fingerprint density at radius 3 is 1.71 bits per heavy atom. The smallest absolute Gasteiger partial charge is 0.143 e. The molecular weight excluding hydrogens is 417 g/mol. The summed E-state index contributed by atoms with van der Waals surface area (Å²) in [5.41, 5.74) is 0.735. The third-order valence-electron chi connectivity index (χ3n) is 4.51. The van der Waals surface area contributed by atoms with E-state index in [1.54, 1.807) is 60.7 Å². The van der Waals surface area contributed by atoms with E-state index in [1.807, 2.05) is 0 Å². The van der Waals surface area contributed by atoms with Crippen LogP contribution in [-0.4, -0.2) is 11.9 Å². The topological polar surface area (TPSA) is 34.1 Å². The Balaban J connectivity index is 1.82. The zero-order valence-electron chi connectivity index (χ0n) is 14.9. The molecule has 6 heteroatoms. The molecule has 0 saturated heterocycles. The molecule has 0 aliphatic heterocycles. The van der Waals surface area contributed by atoms with Gasteiger partial charge in [-0.1, -0.05) is 35.3 Å². The van der Waals surface area contributed by atoms with Crippen molar-refractivity contribution in [2.45, 2.75) is 12.8 Å². The van der Waals surface area contributed by atoms with Crippen LogP contribution in [0.5, 0.6) is 0 Å². The van der Waals surface area contributed by atoms with Crippen LogP contribution in [0.2, 0.25) is 10.0 Å². The Morgan fingerprint density at radius 1 is 0.786 bits per heavy atom. The van der Waals surface area contributed by atoms with Crippen molar-refractivity contribution in [3.63, 3.8) is 0 Å². The molecule has 0 aliphatic carbocycles. The lowest BCUT2D eigenvalue weighted by atomic mass is 10.1. The number of carbonyl (C=O) groups is 1. The van der Waals surface area contributed by atoms with E-state index in [4.69, 9.17) is 23.2 Å². The van der Waals surface area contributed by atoms with Gasteiger partial charge in [0.1, 0.15) is 18.7 Å². The van der Waals surface area contributed by atoms with Gasteiger partial charge < -0.3 is 4.57 Å². The highest BCUT2D eigenvalue weighted by Gasteiger charge is 2.28. The van der Waals surface area contributed by atoms with Crippen LogP contribution in [0.15, 0.2) is 72.8 Å². The molecule has 0 N–H and O–H groups in total. The number of Topliss-reactive ketones (excluding diaryl/α,β-unsaturated/α-hetero) is 1. The minimum Gasteiger partial charge on any atom is -0.314 e. The lowest BCUT2D eigenvalue weighted by molar-refractivity contribution is -0.118. The summed E-state index contributed by atoms with van der Waals surface area (Å²) in [5.74, 6) is -0.388. The van der Waals surface area contributed by atoms with Crippen LogP contribution in [0.1, 0.15) is 12.0 Å². The maximum absolute atomic E-state index is 14.0. The van der Waals surface area contributed by atoms with Crippen LogP contribution in [0.25, 0.3) is 0 Å². The zero-order valence-corrected chi connectivity index (χ0v) is 17.4. The van der Waals surface area contributed by atoms with E-state index in [1.165, 1.54) is 12.1 Å². The average molecular weight is 435 g/mol. The van der Waals surface area contributed by atoms with Crippen LogP contribution in [0.4, 0.5) is 4.39 Å². The first-order valence-corrected chi connectivity index (χ1v) is 11.4. The number of hydrogen-bond donors (Lipinski definition) is 0. The van der Waals surface area contributed by atoms with Gasteiger partial charge in [0.15, 0.2) is 0 Å². The SMILES string of the molecule is O=C(CCP(=O)(c1ccc(Cl)cc1)c1ccc(Cl)cc1)Cc1ccc(F)cc1. The summed E-state index contributed by atoms with van der Waals surface area (Å²) in [7, 11) is -3.03. The van der Waals surface area contributed by atoms with Gasteiger partial charge in [0.25, 0.3) is 0 Å². The number of benzene rings is 3. The van der Waals surface area contributed by atoms with Crippen LogP contribution in [-0.2, 0) is 15.8 Å². The van der Waals surface area contributed by atoms with E-state index >= 15 is 0 Å². The van der Waals surface area contributed by atoms with Gasteiger partial charge in [0.2, 0.25) is 0 Å². The standard InChI is InChI=1S/C22H18Cl2FO2P/c23-17-3-9-21(10-4-17)28(27,22-11-5-18(24)6-12-22)14-13-20(26)15-16-1-7-19(25)8-2-16/h1-12H,13-15H2. The van der Waals surface area contributed by atoms with E-state index in [-0.39, 0.29) is 30.6 Å². The van der Waals surface area contributed by atoms with Gasteiger partial charge in [0.05, 0.1) is 0 Å². The Hall–Kier alpha value is -1.93.